The van der Waals surface area contributed by atoms with Crippen LogP contribution in [0.4, 0.5) is 4.79 Å². The Morgan fingerprint density at radius 1 is 1.16 bits per heavy atom. The Morgan fingerprint density at radius 2 is 1.87 bits per heavy atom. The van der Waals surface area contributed by atoms with Gasteiger partial charge in [-0.1, -0.05) is 30.3 Å². The molecule has 2 amide bonds. The lowest BCUT2D eigenvalue weighted by Gasteiger charge is -2.25. The summed E-state index contributed by atoms with van der Waals surface area (Å²) in [6.45, 7) is 3.23. The highest BCUT2D eigenvalue weighted by atomic mass is 32.2. The number of sulfonamides is 1. The molecule has 1 aliphatic rings. The summed E-state index contributed by atoms with van der Waals surface area (Å²) in [4.78, 5) is 24.8. The molecule has 0 saturated carbocycles. The maximum absolute atomic E-state index is 12.7. The number of rotatable bonds is 8. The molecule has 1 aliphatic heterocycles. The average Bonchev–Trinajstić information content (AvgIpc) is 3.27. The molecule has 1 aromatic heterocycles. The van der Waals surface area contributed by atoms with E-state index in [9.17, 15) is 18.0 Å². The van der Waals surface area contributed by atoms with E-state index in [0.717, 1.165) is 16.9 Å². The van der Waals surface area contributed by atoms with Gasteiger partial charge < -0.3 is 20.1 Å². The van der Waals surface area contributed by atoms with Crippen molar-refractivity contribution < 1.29 is 27.5 Å². The van der Waals surface area contributed by atoms with E-state index >= 15 is 0 Å². The van der Waals surface area contributed by atoms with Crippen molar-refractivity contribution in [2.24, 2.45) is 0 Å². The molecule has 2 aromatic rings. The quantitative estimate of drug-likeness (QED) is 0.611. The number of nitrogens with one attached hydrogen (secondary N) is 2. The van der Waals surface area contributed by atoms with Crippen LogP contribution in [0.5, 0.6) is 0 Å². The molecule has 168 valence electrons. The van der Waals surface area contributed by atoms with Crippen molar-refractivity contribution in [2.75, 3.05) is 26.3 Å². The Balaban J connectivity index is 1.45. The van der Waals surface area contributed by atoms with Gasteiger partial charge in [0.25, 0.3) is 10.0 Å². The molecule has 0 bridgehead atoms. The highest BCUT2D eigenvalue weighted by Crippen LogP contribution is 2.25. The molecule has 0 radical (unpaired) electrons. The summed E-state index contributed by atoms with van der Waals surface area (Å²) in [5.74, 6) is -0.400. The summed E-state index contributed by atoms with van der Waals surface area (Å²) in [7, 11) is -3.56. The minimum atomic E-state index is -3.56. The first-order valence-electron chi connectivity index (χ1n) is 9.78. The molecule has 2 N–H and O–H groups in total. The van der Waals surface area contributed by atoms with Crippen molar-refractivity contribution in [3.8, 4) is 0 Å². The van der Waals surface area contributed by atoms with Crippen molar-refractivity contribution in [1.82, 2.24) is 14.9 Å². The number of alkyl carbamates (subject to hydrolysis) is 1. The normalized spacial score (nSPS) is 15.8. The van der Waals surface area contributed by atoms with Gasteiger partial charge in [0.05, 0.1) is 19.8 Å². The number of ether oxygens (including phenoxy) is 2. The standard InChI is InChI=1S/C20H25N3O6S2/c1-15(22-20(25)29-14-16-5-3-2-4-6-16)19(24)21-13-17-7-8-18(30-17)31(26,27)23-9-11-28-12-10-23/h2-8,15H,9-14H2,1H3,(H,21,24)(H,22,25). The van der Waals surface area contributed by atoms with E-state index < -0.39 is 28.1 Å². The lowest BCUT2D eigenvalue weighted by Crippen LogP contribution is -2.44. The van der Waals surface area contributed by atoms with E-state index in [0.29, 0.717) is 31.2 Å². The van der Waals surface area contributed by atoms with Crippen LogP contribution in [0.3, 0.4) is 0 Å². The van der Waals surface area contributed by atoms with Gasteiger partial charge in [0.1, 0.15) is 16.9 Å². The number of amides is 2. The molecule has 2 heterocycles. The molecule has 1 aromatic carbocycles. The van der Waals surface area contributed by atoms with E-state index in [-0.39, 0.29) is 17.4 Å². The number of morpholine rings is 1. The second kappa shape index (κ2) is 10.7. The average molecular weight is 468 g/mol. The van der Waals surface area contributed by atoms with Crippen LogP contribution in [0.15, 0.2) is 46.7 Å². The number of nitrogens with zero attached hydrogens (tertiary/aromatic N) is 1. The number of carbonyl (C=O) groups is 2. The highest BCUT2D eigenvalue weighted by molar-refractivity contribution is 7.91. The molecule has 9 nitrogen and oxygen atoms in total. The third kappa shape index (κ3) is 6.50. The number of benzene rings is 1. The van der Waals surface area contributed by atoms with Crippen LogP contribution in [0.2, 0.25) is 0 Å². The molecule has 1 atom stereocenters. The fourth-order valence-electron chi connectivity index (χ4n) is 2.84. The van der Waals surface area contributed by atoms with Crippen LogP contribution < -0.4 is 10.6 Å². The Hall–Kier alpha value is -2.47. The van der Waals surface area contributed by atoms with Crippen LogP contribution in [0.25, 0.3) is 0 Å². The molecule has 0 spiro atoms. The lowest BCUT2D eigenvalue weighted by atomic mass is 10.2. The fraction of sp³-hybridized carbons (Fsp3) is 0.400. The van der Waals surface area contributed by atoms with E-state index in [1.807, 2.05) is 30.3 Å². The van der Waals surface area contributed by atoms with Gasteiger partial charge >= 0.3 is 6.09 Å². The van der Waals surface area contributed by atoms with Crippen LogP contribution in [0, 0.1) is 0 Å². The summed E-state index contributed by atoms with van der Waals surface area (Å²) >= 11 is 1.11. The zero-order valence-electron chi connectivity index (χ0n) is 17.1. The summed E-state index contributed by atoms with van der Waals surface area (Å²) < 4.78 is 37.3. The van der Waals surface area contributed by atoms with Gasteiger partial charge in [0.2, 0.25) is 5.91 Å². The molecule has 11 heteroatoms. The predicted molar refractivity (Wildman–Crippen MR) is 115 cm³/mol. The zero-order valence-corrected chi connectivity index (χ0v) is 18.7. The molecular formula is C20H25N3O6S2. The topological polar surface area (TPSA) is 114 Å². The zero-order chi connectivity index (χ0) is 22.3. The molecule has 31 heavy (non-hydrogen) atoms. The van der Waals surface area contributed by atoms with Gasteiger partial charge in [-0.05, 0) is 24.6 Å². The predicted octanol–water partition coefficient (Wildman–Crippen LogP) is 1.70. The van der Waals surface area contributed by atoms with E-state index in [2.05, 4.69) is 10.6 Å². The largest absolute Gasteiger partial charge is 0.445 e. The van der Waals surface area contributed by atoms with E-state index in [4.69, 9.17) is 9.47 Å². The molecule has 1 saturated heterocycles. The second-order valence-electron chi connectivity index (χ2n) is 6.88. The lowest BCUT2D eigenvalue weighted by molar-refractivity contribution is -0.122. The Labute approximate surface area is 185 Å². The van der Waals surface area contributed by atoms with Crippen LogP contribution in [0.1, 0.15) is 17.4 Å². The first-order valence-corrected chi connectivity index (χ1v) is 12.0. The van der Waals surface area contributed by atoms with E-state index in [1.165, 1.54) is 4.31 Å². The van der Waals surface area contributed by atoms with Crippen molar-refractivity contribution in [1.29, 1.82) is 0 Å². The first-order chi connectivity index (χ1) is 14.9. The monoisotopic (exact) mass is 467 g/mol. The van der Waals surface area contributed by atoms with Gasteiger partial charge in [-0.2, -0.15) is 4.31 Å². The number of hydrogen-bond acceptors (Lipinski definition) is 7. The van der Waals surface area contributed by atoms with Gasteiger partial charge in [-0.15, -0.1) is 11.3 Å². The van der Waals surface area contributed by atoms with E-state index in [1.54, 1.807) is 19.1 Å². The number of hydrogen-bond donors (Lipinski definition) is 2. The molecule has 0 aliphatic carbocycles. The van der Waals surface area contributed by atoms with Crippen molar-refractivity contribution in [3.05, 3.63) is 52.9 Å². The minimum absolute atomic E-state index is 0.108. The van der Waals surface area contributed by atoms with Gasteiger partial charge in [-0.25, -0.2) is 13.2 Å². The number of carbonyl (C=O) groups excluding carboxylic acids is 2. The van der Waals surface area contributed by atoms with Gasteiger partial charge in [-0.3, -0.25) is 4.79 Å². The third-order valence-corrected chi connectivity index (χ3v) is 8.03. The smallest absolute Gasteiger partial charge is 0.408 e. The maximum Gasteiger partial charge on any atom is 0.408 e. The molecular weight excluding hydrogens is 442 g/mol. The summed E-state index contributed by atoms with van der Waals surface area (Å²) in [5.41, 5.74) is 0.843. The summed E-state index contributed by atoms with van der Waals surface area (Å²) in [5, 5.41) is 5.17. The van der Waals surface area contributed by atoms with Crippen molar-refractivity contribution in [3.63, 3.8) is 0 Å². The van der Waals surface area contributed by atoms with Gasteiger partial charge in [0, 0.05) is 18.0 Å². The summed E-state index contributed by atoms with van der Waals surface area (Å²) in [6, 6.07) is 11.6. The van der Waals surface area contributed by atoms with Crippen LogP contribution >= 0.6 is 11.3 Å². The van der Waals surface area contributed by atoms with Crippen LogP contribution in [-0.2, 0) is 37.4 Å². The maximum atomic E-state index is 12.7. The Bertz CT molecular complexity index is 987. The first kappa shape index (κ1) is 23.2. The van der Waals surface area contributed by atoms with Crippen molar-refractivity contribution in [2.45, 2.75) is 30.3 Å². The Morgan fingerprint density at radius 3 is 2.58 bits per heavy atom. The molecule has 1 unspecified atom stereocenters. The molecule has 1 fully saturated rings. The Kier molecular flexibility index (Phi) is 8.02. The van der Waals surface area contributed by atoms with Crippen LogP contribution in [-0.4, -0.2) is 57.1 Å². The molecule has 3 rings (SSSR count). The van der Waals surface area contributed by atoms with Gasteiger partial charge in [0.15, 0.2) is 0 Å². The number of thiophene rings is 1. The fourth-order valence-corrected chi connectivity index (χ4v) is 5.70. The van der Waals surface area contributed by atoms with Crippen molar-refractivity contribution >= 4 is 33.4 Å². The second-order valence-corrected chi connectivity index (χ2v) is 10.2. The third-order valence-electron chi connectivity index (χ3n) is 4.58. The highest BCUT2D eigenvalue weighted by Gasteiger charge is 2.27. The SMILES string of the molecule is CC(NC(=O)OCc1ccccc1)C(=O)NCc1ccc(S(=O)(=O)N2CCOCC2)s1. The summed E-state index contributed by atoms with van der Waals surface area (Å²) in [6.07, 6.45) is -0.693. The minimum Gasteiger partial charge on any atom is -0.445 e.